The Balaban J connectivity index is 1.92. The molecule has 2 aliphatic rings. The molecule has 2 heterocycles. The van der Waals surface area contributed by atoms with E-state index >= 15 is 0 Å². The maximum Gasteiger partial charge on any atom is 0.305 e. The van der Waals surface area contributed by atoms with E-state index < -0.39 is 5.97 Å². The van der Waals surface area contributed by atoms with Gasteiger partial charge < -0.3 is 24.7 Å². The summed E-state index contributed by atoms with van der Waals surface area (Å²) in [5.74, 6) is -0.0883. The van der Waals surface area contributed by atoms with Crippen LogP contribution in [0.5, 0.6) is 5.75 Å². The van der Waals surface area contributed by atoms with Crippen LogP contribution in [-0.2, 0) is 9.59 Å². The Morgan fingerprint density at radius 2 is 1.90 bits per heavy atom. The zero-order valence-electron chi connectivity index (χ0n) is 16.1. The number of hydrogen-bond donors (Lipinski definition) is 2. The van der Waals surface area contributed by atoms with Crippen LogP contribution in [0.1, 0.15) is 19.8 Å². The Hall–Kier alpha value is -2.91. The van der Waals surface area contributed by atoms with Crippen molar-refractivity contribution >= 4 is 34.9 Å². The van der Waals surface area contributed by atoms with E-state index in [1.165, 1.54) is 4.90 Å². The molecular weight excluding hydrogens is 394 g/mol. The normalized spacial score (nSPS) is 18.8. The third-order valence-electron chi connectivity index (χ3n) is 4.56. The van der Waals surface area contributed by atoms with Gasteiger partial charge in [0, 0.05) is 25.7 Å². The second kappa shape index (κ2) is 9.06. The summed E-state index contributed by atoms with van der Waals surface area (Å²) in [6, 6.07) is 7.33. The SMILES string of the molecule is CCCN1C(=O)/C(=C/C=C2/Oc3ccccc3N2CCC(=O)O)N(CCO)C1=S. The van der Waals surface area contributed by atoms with Gasteiger partial charge in [0.25, 0.3) is 5.91 Å². The number of benzene rings is 1. The molecule has 2 aliphatic heterocycles. The van der Waals surface area contributed by atoms with Gasteiger partial charge in [0.15, 0.2) is 10.9 Å². The van der Waals surface area contributed by atoms with E-state index in [0.29, 0.717) is 29.0 Å². The molecule has 0 aromatic heterocycles. The number of β-amino-alcohol motifs (C(OH)–C–C–N with tert-alkyl or cyclic N) is 1. The van der Waals surface area contributed by atoms with Crippen LogP contribution in [0.15, 0.2) is 48.0 Å². The fourth-order valence-electron chi connectivity index (χ4n) is 3.25. The molecule has 0 bridgehead atoms. The summed E-state index contributed by atoms with van der Waals surface area (Å²) in [5, 5.41) is 18.8. The van der Waals surface area contributed by atoms with Crippen LogP contribution in [-0.4, -0.2) is 63.2 Å². The monoisotopic (exact) mass is 417 g/mol. The lowest BCUT2D eigenvalue weighted by atomic mass is 10.2. The van der Waals surface area contributed by atoms with Crippen molar-refractivity contribution in [3.8, 4) is 5.75 Å². The Morgan fingerprint density at radius 3 is 2.59 bits per heavy atom. The lowest BCUT2D eigenvalue weighted by molar-refractivity contribution is -0.136. The van der Waals surface area contributed by atoms with Crippen LogP contribution in [0, 0.1) is 0 Å². The number of thiocarbonyl (C=S) groups is 1. The highest BCUT2D eigenvalue weighted by molar-refractivity contribution is 7.80. The minimum absolute atomic E-state index is 0.0600. The molecule has 0 radical (unpaired) electrons. The topological polar surface area (TPSA) is 93.5 Å². The first kappa shape index (κ1) is 20.8. The van der Waals surface area contributed by atoms with Gasteiger partial charge in [-0.05, 0) is 36.8 Å². The second-order valence-corrected chi connectivity index (χ2v) is 6.90. The fourth-order valence-corrected chi connectivity index (χ4v) is 3.62. The molecule has 2 N–H and O–H groups in total. The minimum atomic E-state index is -0.910. The molecule has 0 atom stereocenters. The lowest BCUT2D eigenvalue weighted by Gasteiger charge is -2.19. The van der Waals surface area contributed by atoms with Crippen LogP contribution in [0.25, 0.3) is 0 Å². The van der Waals surface area contributed by atoms with Crippen molar-refractivity contribution in [2.24, 2.45) is 0 Å². The number of aliphatic hydroxyl groups is 1. The first-order chi connectivity index (χ1) is 14.0. The molecule has 0 unspecified atom stereocenters. The molecule has 154 valence electrons. The van der Waals surface area contributed by atoms with Crippen molar-refractivity contribution in [1.82, 2.24) is 9.80 Å². The van der Waals surface area contributed by atoms with E-state index in [1.54, 1.807) is 28.0 Å². The number of allylic oxidation sites excluding steroid dienone is 2. The molecule has 1 aromatic carbocycles. The first-order valence-corrected chi connectivity index (χ1v) is 9.81. The van der Waals surface area contributed by atoms with Gasteiger partial charge in [0.05, 0.1) is 18.7 Å². The van der Waals surface area contributed by atoms with E-state index in [2.05, 4.69) is 0 Å². The van der Waals surface area contributed by atoms with Gasteiger partial charge >= 0.3 is 5.97 Å². The minimum Gasteiger partial charge on any atom is -0.481 e. The van der Waals surface area contributed by atoms with Crippen molar-refractivity contribution in [2.45, 2.75) is 19.8 Å². The number of rotatable bonds is 8. The molecule has 1 saturated heterocycles. The lowest BCUT2D eigenvalue weighted by Crippen LogP contribution is -2.34. The average Bonchev–Trinajstić information content (AvgIpc) is 3.16. The predicted molar refractivity (Wildman–Crippen MR) is 111 cm³/mol. The van der Waals surface area contributed by atoms with Crippen LogP contribution in [0.4, 0.5) is 5.69 Å². The van der Waals surface area contributed by atoms with Crippen LogP contribution in [0.3, 0.4) is 0 Å². The van der Waals surface area contributed by atoms with Crippen LogP contribution >= 0.6 is 12.2 Å². The van der Waals surface area contributed by atoms with Gasteiger partial charge in [-0.3, -0.25) is 14.5 Å². The number of carbonyl (C=O) groups is 2. The van der Waals surface area contributed by atoms with E-state index in [1.807, 2.05) is 25.1 Å². The van der Waals surface area contributed by atoms with Crippen molar-refractivity contribution in [1.29, 1.82) is 0 Å². The summed E-state index contributed by atoms with van der Waals surface area (Å²) in [6.45, 7) is 2.76. The highest BCUT2D eigenvalue weighted by atomic mass is 32.1. The molecule has 0 spiro atoms. The Kier molecular flexibility index (Phi) is 6.50. The standard InChI is InChI=1S/C20H23N3O5S/c1-2-10-23-19(27)15(22(12-13-24)20(23)29)7-8-17-21(11-9-18(25)26)14-5-3-4-6-16(14)28-17/h3-8,24H,2,9-13H2,1H3,(H,25,26)/b15-7-,17-8+. The number of carboxylic acids is 1. The van der Waals surface area contributed by atoms with E-state index in [0.717, 1.165) is 12.1 Å². The summed E-state index contributed by atoms with van der Waals surface area (Å²) in [6.07, 6.45) is 3.94. The number of fused-ring (bicyclic) bond motifs is 1. The number of anilines is 1. The molecule has 1 aromatic rings. The molecular formula is C20H23N3O5S. The highest BCUT2D eigenvalue weighted by Gasteiger charge is 2.37. The van der Waals surface area contributed by atoms with Crippen LogP contribution < -0.4 is 9.64 Å². The summed E-state index contributed by atoms with van der Waals surface area (Å²) >= 11 is 5.40. The number of amides is 1. The number of para-hydroxylation sites is 2. The number of aliphatic hydroxyl groups excluding tert-OH is 1. The molecule has 8 nitrogen and oxygen atoms in total. The van der Waals surface area contributed by atoms with Crippen LogP contribution in [0.2, 0.25) is 0 Å². The molecule has 1 amide bonds. The van der Waals surface area contributed by atoms with Gasteiger partial charge in [-0.2, -0.15) is 0 Å². The van der Waals surface area contributed by atoms with Crippen molar-refractivity contribution in [2.75, 3.05) is 31.1 Å². The second-order valence-electron chi connectivity index (χ2n) is 6.54. The predicted octanol–water partition coefficient (Wildman–Crippen LogP) is 1.92. The smallest absolute Gasteiger partial charge is 0.305 e. The maximum atomic E-state index is 12.8. The molecule has 1 fully saturated rings. The van der Waals surface area contributed by atoms with Crippen molar-refractivity contribution in [3.05, 3.63) is 48.0 Å². The number of ether oxygens (including phenoxy) is 1. The third-order valence-corrected chi connectivity index (χ3v) is 5.00. The number of nitrogens with zero attached hydrogens (tertiary/aromatic N) is 3. The molecule has 0 saturated carbocycles. The van der Waals surface area contributed by atoms with Gasteiger partial charge in [0.2, 0.25) is 5.88 Å². The number of carbonyl (C=O) groups excluding carboxylic acids is 1. The average molecular weight is 417 g/mol. The fraction of sp³-hybridized carbons (Fsp3) is 0.350. The molecule has 29 heavy (non-hydrogen) atoms. The Bertz CT molecular complexity index is 883. The van der Waals surface area contributed by atoms with Crippen molar-refractivity contribution in [3.63, 3.8) is 0 Å². The summed E-state index contributed by atoms with van der Waals surface area (Å²) in [5.41, 5.74) is 1.12. The quantitative estimate of drug-likeness (QED) is 0.490. The maximum absolute atomic E-state index is 12.8. The summed E-state index contributed by atoms with van der Waals surface area (Å²) in [4.78, 5) is 28.7. The zero-order valence-corrected chi connectivity index (χ0v) is 16.9. The van der Waals surface area contributed by atoms with Gasteiger partial charge in [-0.25, -0.2) is 0 Å². The first-order valence-electron chi connectivity index (χ1n) is 9.40. The largest absolute Gasteiger partial charge is 0.481 e. The van der Waals surface area contributed by atoms with Gasteiger partial charge in [-0.15, -0.1) is 0 Å². The Morgan fingerprint density at radius 1 is 1.14 bits per heavy atom. The third kappa shape index (κ3) is 4.25. The number of carboxylic acid groups (broad SMARTS) is 1. The van der Waals surface area contributed by atoms with E-state index in [-0.39, 0.29) is 32.0 Å². The van der Waals surface area contributed by atoms with Gasteiger partial charge in [0.1, 0.15) is 5.70 Å². The van der Waals surface area contributed by atoms with E-state index in [4.69, 9.17) is 22.1 Å². The van der Waals surface area contributed by atoms with E-state index in [9.17, 15) is 14.7 Å². The molecule has 3 rings (SSSR count). The number of aliphatic carboxylic acids is 1. The Labute approximate surface area is 174 Å². The molecule has 9 heteroatoms. The number of hydrogen-bond acceptors (Lipinski definition) is 6. The highest BCUT2D eigenvalue weighted by Crippen LogP contribution is 2.38. The molecule has 0 aliphatic carbocycles. The zero-order chi connectivity index (χ0) is 21.0. The van der Waals surface area contributed by atoms with Crippen molar-refractivity contribution < 1.29 is 24.5 Å². The summed E-state index contributed by atoms with van der Waals surface area (Å²) < 4.78 is 5.87. The van der Waals surface area contributed by atoms with Gasteiger partial charge in [-0.1, -0.05) is 19.1 Å². The summed E-state index contributed by atoms with van der Waals surface area (Å²) in [7, 11) is 0.